The first-order valence-corrected chi connectivity index (χ1v) is 15.5. The van der Waals surface area contributed by atoms with Crippen LogP contribution in [0.3, 0.4) is 0 Å². The first kappa shape index (κ1) is 34.1. The number of methoxy groups -OCH3 is 2. The van der Waals surface area contributed by atoms with Crippen LogP contribution in [0.2, 0.25) is 0 Å². The largest absolute Gasteiger partial charge is 0.497 e. The van der Waals surface area contributed by atoms with Crippen molar-refractivity contribution in [1.29, 1.82) is 0 Å². The number of fused-ring (bicyclic) bond motifs is 2. The van der Waals surface area contributed by atoms with Crippen molar-refractivity contribution in [2.24, 2.45) is 10.4 Å². The van der Waals surface area contributed by atoms with E-state index in [9.17, 15) is 14.9 Å². The van der Waals surface area contributed by atoms with Crippen LogP contribution in [0.4, 0.5) is 11.4 Å². The van der Waals surface area contributed by atoms with Crippen LogP contribution in [0.1, 0.15) is 63.7 Å². The monoisotopic (exact) mass is 633 g/mol. The van der Waals surface area contributed by atoms with Gasteiger partial charge in [-0.15, -0.1) is 0 Å². The normalized spacial score (nSPS) is 15.1. The van der Waals surface area contributed by atoms with E-state index in [-0.39, 0.29) is 28.8 Å². The molecule has 2 aliphatic heterocycles. The quantitative estimate of drug-likeness (QED) is 0.145. The molecular weight excluding hydrogens is 590 g/mol. The lowest BCUT2D eigenvalue weighted by atomic mass is 9.89. The van der Waals surface area contributed by atoms with E-state index in [0.29, 0.717) is 53.2 Å². The third-order valence-electron chi connectivity index (χ3n) is 7.73. The lowest BCUT2D eigenvalue weighted by molar-refractivity contribution is -0.385. The average Bonchev–Trinajstić information content (AvgIpc) is 3.48. The zero-order chi connectivity index (χ0) is 33.3. The molecule has 5 rings (SSSR count). The number of amides is 1. The topological polar surface area (TPSA) is 122 Å². The summed E-state index contributed by atoms with van der Waals surface area (Å²) in [5.74, 6) is 3.04. The van der Waals surface area contributed by atoms with Gasteiger partial charge in [0.15, 0.2) is 11.5 Å². The summed E-state index contributed by atoms with van der Waals surface area (Å²) in [6.45, 7) is 10.1. The van der Waals surface area contributed by atoms with Gasteiger partial charge in [-0.25, -0.2) is 0 Å². The van der Waals surface area contributed by atoms with Gasteiger partial charge in [0.05, 0.1) is 55.7 Å². The summed E-state index contributed by atoms with van der Waals surface area (Å²) in [4.78, 5) is 29.9. The number of rotatable bonds is 12. The Kier molecular flexibility index (Phi) is 11.5. The van der Waals surface area contributed by atoms with Crippen LogP contribution in [0.5, 0.6) is 34.5 Å². The highest BCUT2D eigenvalue weighted by Crippen LogP contribution is 2.38. The van der Waals surface area contributed by atoms with Gasteiger partial charge in [-0.2, -0.15) is 0 Å². The van der Waals surface area contributed by atoms with E-state index in [1.807, 2.05) is 18.0 Å². The number of nitrogens with zero attached hydrogens (tertiary/aromatic N) is 3. The average molecular weight is 634 g/mol. The number of ether oxygens (including phenoxy) is 5. The molecule has 46 heavy (non-hydrogen) atoms. The van der Waals surface area contributed by atoms with Crippen LogP contribution in [-0.2, 0) is 0 Å². The maximum atomic E-state index is 12.6. The minimum Gasteiger partial charge on any atom is -0.497 e. The fraction of sp³-hybridized carbons (Fsp3) is 0.429. The fourth-order valence-electron chi connectivity index (χ4n) is 5.39. The van der Waals surface area contributed by atoms with Gasteiger partial charge in [0.2, 0.25) is 5.75 Å². The zero-order valence-corrected chi connectivity index (χ0v) is 27.4. The van der Waals surface area contributed by atoms with Gasteiger partial charge >= 0.3 is 5.69 Å². The van der Waals surface area contributed by atoms with Crippen LogP contribution in [0, 0.1) is 15.5 Å². The Bertz CT molecular complexity index is 1540. The molecule has 246 valence electrons. The molecule has 0 radical (unpaired) electrons. The van der Waals surface area contributed by atoms with Gasteiger partial charge in [0.25, 0.3) is 5.91 Å². The molecule has 1 saturated heterocycles. The molecule has 2 aliphatic rings. The number of carbonyl (C=O) groups is 1. The molecule has 0 spiro atoms. The van der Waals surface area contributed by atoms with E-state index in [2.05, 4.69) is 25.8 Å². The summed E-state index contributed by atoms with van der Waals surface area (Å²) < 4.78 is 27.4. The lowest BCUT2D eigenvalue weighted by Crippen LogP contribution is -2.35. The molecule has 3 aromatic rings. The van der Waals surface area contributed by atoms with Gasteiger partial charge in [-0.1, -0.05) is 27.2 Å². The Morgan fingerprint density at radius 2 is 1.65 bits per heavy atom. The van der Waals surface area contributed by atoms with E-state index in [1.165, 1.54) is 6.07 Å². The first-order chi connectivity index (χ1) is 22.1. The van der Waals surface area contributed by atoms with Crippen LogP contribution in [0.25, 0.3) is 0 Å². The highest BCUT2D eigenvalue weighted by atomic mass is 16.6. The van der Waals surface area contributed by atoms with Gasteiger partial charge in [0.1, 0.15) is 17.2 Å². The molecule has 1 fully saturated rings. The molecular formula is C35H43N3O8. The van der Waals surface area contributed by atoms with Crippen LogP contribution in [0.15, 0.2) is 59.6 Å². The Hall–Kier alpha value is -4.80. The summed E-state index contributed by atoms with van der Waals surface area (Å²) in [7, 11) is 3.15. The number of nitro benzene ring substituents is 1. The second-order valence-electron chi connectivity index (χ2n) is 11.8. The molecule has 11 heteroatoms. The van der Waals surface area contributed by atoms with Crippen molar-refractivity contribution in [1.82, 2.24) is 4.90 Å². The van der Waals surface area contributed by atoms with E-state index in [0.717, 1.165) is 32.2 Å². The van der Waals surface area contributed by atoms with Crippen molar-refractivity contribution < 1.29 is 33.4 Å². The van der Waals surface area contributed by atoms with Gasteiger partial charge < -0.3 is 28.6 Å². The van der Waals surface area contributed by atoms with Gasteiger partial charge in [0, 0.05) is 18.8 Å². The third-order valence-corrected chi connectivity index (χ3v) is 7.73. The van der Waals surface area contributed by atoms with E-state index in [4.69, 9.17) is 23.7 Å². The Morgan fingerprint density at radius 3 is 2.30 bits per heavy atom. The molecule has 0 N–H and O–H groups in total. The number of carbonyl (C=O) groups excluding carboxylic acids is 1. The van der Waals surface area contributed by atoms with Gasteiger partial charge in [-0.3, -0.25) is 19.9 Å². The van der Waals surface area contributed by atoms with Crippen molar-refractivity contribution in [3.05, 3.63) is 70.3 Å². The summed E-state index contributed by atoms with van der Waals surface area (Å²) in [5.41, 5.74) is 1.13. The van der Waals surface area contributed by atoms with Crippen molar-refractivity contribution in [3.63, 3.8) is 0 Å². The van der Waals surface area contributed by atoms with Crippen LogP contribution < -0.4 is 23.7 Å². The number of aliphatic imine (C=N–C) groups is 1. The summed E-state index contributed by atoms with van der Waals surface area (Å²) in [6, 6.07) is 15.1. The van der Waals surface area contributed by atoms with E-state index < -0.39 is 4.92 Å². The standard InChI is InChI=1S/C20H25NO5.C15H18N2O3/c1-5-12-20(2,3)14-25-17-10-11-19(18(13-17)21(22)23)26-16-8-6-15(24-4)7-9-16;1-3-20-14-8-12-11(7-13(14)19-2)15(18)17-6-4-5-10(17)9-16-12/h6-11,13H,5,12,14H2,1-4H3;7-10H,3-6H2,1-2H3. The fourth-order valence-corrected chi connectivity index (χ4v) is 5.39. The minimum absolute atomic E-state index is 0.0157. The number of hydrogen-bond donors (Lipinski definition) is 0. The van der Waals surface area contributed by atoms with Crippen LogP contribution >= 0.6 is 0 Å². The number of benzene rings is 3. The summed E-state index contributed by atoms with van der Waals surface area (Å²) in [6.07, 6.45) is 5.97. The second kappa shape index (κ2) is 15.5. The molecule has 0 bridgehead atoms. The smallest absolute Gasteiger partial charge is 0.315 e. The Morgan fingerprint density at radius 1 is 0.935 bits per heavy atom. The summed E-state index contributed by atoms with van der Waals surface area (Å²) >= 11 is 0. The predicted molar refractivity (Wildman–Crippen MR) is 177 cm³/mol. The number of hydrogen-bond acceptors (Lipinski definition) is 9. The molecule has 0 aromatic heterocycles. The molecule has 0 saturated carbocycles. The Balaban J connectivity index is 0.000000215. The number of nitro groups is 1. The predicted octanol–water partition coefficient (Wildman–Crippen LogP) is 8.02. The SMILES string of the molecule is CCCC(C)(C)COc1ccc(Oc2ccc(OC)cc2)c([N+](=O)[O-])c1.CCOc1cc2c(cc1OC)C(=O)N1CCCC1C=N2. The molecule has 11 nitrogen and oxygen atoms in total. The highest BCUT2D eigenvalue weighted by Gasteiger charge is 2.32. The molecule has 3 aromatic carbocycles. The van der Waals surface area contributed by atoms with Crippen LogP contribution in [-0.4, -0.2) is 62.0 Å². The lowest BCUT2D eigenvalue weighted by Gasteiger charge is -2.24. The summed E-state index contributed by atoms with van der Waals surface area (Å²) in [5, 5.41) is 11.4. The van der Waals surface area contributed by atoms with Crippen molar-refractivity contribution in [3.8, 4) is 34.5 Å². The minimum atomic E-state index is -0.469. The maximum absolute atomic E-state index is 12.6. The van der Waals surface area contributed by atoms with Gasteiger partial charge in [-0.05, 0) is 74.1 Å². The van der Waals surface area contributed by atoms with Crippen molar-refractivity contribution in [2.75, 3.05) is 34.0 Å². The molecule has 1 unspecified atom stereocenters. The van der Waals surface area contributed by atoms with E-state index >= 15 is 0 Å². The molecule has 2 heterocycles. The molecule has 1 atom stereocenters. The zero-order valence-electron chi connectivity index (χ0n) is 27.4. The highest BCUT2D eigenvalue weighted by molar-refractivity contribution is 6.03. The van der Waals surface area contributed by atoms with Crippen molar-refractivity contribution in [2.45, 2.75) is 59.4 Å². The maximum Gasteiger partial charge on any atom is 0.315 e. The molecule has 1 amide bonds. The molecule has 0 aliphatic carbocycles. The second-order valence-corrected chi connectivity index (χ2v) is 11.8. The van der Waals surface area contributed by atoms with E-state index in [1.54, 1.807) is 62.8 Å². The van der Waals surface area contributed by atoms with Crippen molar-refractivity contribution >= 4 is 23.5 Å². The Labute approximate surface area is 270 Å². The third kappa shape index (κ3) is 8.47. The first-order valence-electron chi connectivity index (χ1n) is 15.5.